The summed E-state index contributed by atoms with van der Waals surface area (Å²) in [6.45, 7) is 5.24. The van der Waals surface area contributed by atoms with E-state index in [1.54, 1.807) is 18.2 Å². The SMILES string of the molecule is Cc1ccc(N([C@@H](C)C(=O)Nc2ccc(S(=O)(=O)Nc3cc(Cl)cc(Cl)c3)cc2)S(C)(=O)=O)cc1C. The molecule has 0 radical (unpaired) electrons. The highest BCUT2D eigenvalue weighted by Gasteiger charge is 2.29. The highest BCUT2D eigenvalue weighted by Crippen LogP contribution is 2.26. The van der Waals surface area contributed by atoms with Crippen molar-refractivity contribution in [2.24, 2.45) is 0 Å². The molecule has 0 saturated carbocycles. The normalized spacial score (nSPS) is 12.6. The van der Waals surface area contributed by atoms with Gasteiger partial charge in [-0.1, -0.05) is 29.3 Å². The molecule has 0 aromatic heterocycles. The van der Waals surface area contributed by atoms with Crippen molar-refractivity contribution in [2.45, 2.75) is 31.7 Å². The quantitative estimate of drug-likeness (QED) is 0.387. The first-order chi connectivity index (χ1) is 16.7. The highest BCUT2D eigenvalue weighted by molar-refractivity contribution is 7.92. The molecule has 0 unspecified atom stereocenters. The van der Waals surface area contributed by atoms with E-state index in [9.17, 15) is 21.6 Å². The number of rotatable bonds is 8. The van der Waals surface area contributed by atoms with Crippen molar-refractivity contribution in [1.82, 2.24) is 0 Å². The summed E-state index contributed by atoms with van der Waals surface area (Å²) in [6, 6.07) is 13.8. The number of hydrogen-bond acceptors (Lipinski definition) is 5. The van der Waals surface area contributed by atoms with Crippen LogP contribution in [0, 0.1) is 13.8 Å². The first-order valence-corrected chi connectivity index (χ1v) is 14.7. The van der Waals surface area contributed by atoms with Crippen molar-refractivity contribution in [3.8, 4) is 0 Å². The van der Waals surface area contributed by atoms with Gasteiger partial charge in [-0.2, -0.15) is 0 Å². The molecule has 0 aliphatic heterocycles. The molecule has 3 aromatic rings. The average molecular weight is 571 g/mol. The molecule has 0 saturated heterocycles. The van der Waals surface area contributed by atoms with Gasteiger partial charge in [0.05, 0.1) is 22.5 Å². The Morgan fingerprint density at radius 3 is 1.94 bits per heavy atom. The third-order valence-corrected chi connectivity index (χ3v) is 8.46. The Bertz CT molecular complexity index is 1490. The van der Waals surface area contributed by atoms with E-state index in [0.717, 1.165) is 21.7 Å². The van der Waals surface area contributed by atoms with E-state index >= 15 is 0 Å². The third-order valence-electron chi connectivity index (χ3n) is 5.38. The summed E-state index contributed by atoms with van der Waals surface area (Å²) < 4.78 is 53.9. The summed E-state index contributed by atoms with van der Waals surface area (Å²) in [4.78, 5) is 12.9. The molecule has 2 N–H and O–H groups in total. The topological polar surface area (TPSA) is 113 Å². The molecule has 0 aliphatic rings. The largest absolute Gasteiger partial charge is 0.324 e. The minimum atomic E-state index is -3.95. The standard InChI is InChI=1S/C24H25Cl2N3O5S2/c1-15-5-8-22(11-16(15)2)29(35(4,31)32)17(3)24(30)27-20-6-9-23(10-7-20)36(33,34)28-21-13-18(25)12-19(26)14-21/h5-14,17,28H,1-4H3,(H,27,30)/t17-/m0/s1. The lowest BCUT2D eigenvalue weighted by molar-refractivity contribution is -0.116. The molecule has 0 heterocycles. The van der Waals surface area contributed by atoms with Crippen LogP contribution >= 0.6 is 23.2 Å². The predicted octanol–water partition coefficient (Wildman–Crippen LogP) is 5.20. The lowest BCUT2D eigenvalue weighted by Crippen LogP contribution is -2.45. The second kappa shape index (κ2) is 10.7. The molecule has 3 aromatic carbocycles. The molecule has 1 atom stereocenters. The van der Waals surface area contributed by atoms with Crippen LogP contribution in [0.3, 0.4) is 0 Å². The summed E-state index contributed by atoms with van der Waals surface area (Å²) in [5.74, 6) is -0.582. The smallest absolute Gasteiger partial charge is 0.261 e. The van der Waals surface area contributed by atoms with Gasteiger partial charge in [0.25, 0.3) is 10.0 Å². The Labute approximate surface area is 221 Å². The fourth-order valence-electron chi connectivity index (χ4n) is 3.46. The Morgan fingerprint density at radius 2 is 1.42 bits per heavy atom. The van der Waals surface area contributed by atoms with Crippen LogP contribution < -0.4 is 14.3 Å². The molecule has 0 bridgehead atoms. The van der Waals surface area contributed by atoms with Gasteiger partial charge in [0.15, 0.2) is 0 Å². The van der Waals surface area contributed by atoms with Crippen molar-refractivity contribution in [3.05, 3.63) is 81.8 Å². The fourth-order valence-corrected chi connectivity index (χ4v) is 6.20. The van der Waals surface area contributed by atoms with Crippen molar-refractivity contribution in [1.29, 1.82) is 0 Å². The van der Waals surface area contributed by atoms with E-state index in [2.05, 4.69) is 10.0 Å². The maximum Gasteiger partial charge on any atom is 0.261 e. The lowest BCUT2D eigenvalue weighted by Gasteiger charge is -2.28. The van der Waals surface area contributed by atoms with Gasteiger partial charge in [-0.25, -0.2) is 16.8 Å². The highest BCUT2D eigenvalue weighted by atomic mass is 35.5. The first-order valence-electron chi connectivity index (χ1n) is 10.6. The summed E-state index contributed by atoms with van der Waals surface area (Å²) in [5.41, 5.74) is 2.75. The zero-order valence-electron chi connectivity index (χ0n) is 19.9. The second-order valence-electron chi connectivity index (χ2n) is 8.28. The Kier molecular flexibility index (Phi) is 8.24. The van der Waals surface area contributed by atoms with Crippen LogP contribution in [0.25, 0.3) is 0 Å². The molecule has 0 aliphatic carbocycles. The second-order valence-corrected chi connectivity index (χ2v) is 12.7. The molecule has 0 spiro atoms. The number of carbonyl (C=O) groups excluding carboxylic acids is 1. The number of nitrogens with one attached hydrogen (secondary N) is 2. The first kappa shape index (κ1) is 27.8. The van der Waals surface area contributed by atoms with E-state index in [4.69, 9.17) is 23.2 Å². The minimum absolute atomic E-state index is 0.0578. The molecule has 1 amide bonds. The molecule has 36 heavy (non-hydrogen) atoms. The number of benzene rings is 3. The van der Waals surface area contributed by atoms with Crippen LogP contribution in [0.5, 0.6) is 0 Å². The van der Waals surface area contributed by atoms with Gasteiger partial charge < -0.3 is 5.32 Å². The molecular formula is C24H25Cl2N3O5S2. The fraction of sp³-hybridized carbons (Fsp3) is 0.208. The van der Waals surface area contributed by atoms with Gasteiger partial charge in [0.2, 0.25) is 15.9 Å². The van der Waals surface area contributed by atoms with Gasteiger partial charge in [-0.05, 0) is 86.5 Å². The van der Waals surface area contributed by atoms with Crippen LogP contribution in [0.15, 0.2) is 65.6 Å². The van der Waals surface area contributed by atoms with Crippen LogP contribution in [0.2, 0.25) is 10.0 Å². The zero-order valence-corrected chi connectivity index (χ0v) is 23.1. The Balaban J connectivity index is 1.78. The van der Waals surface area contributed by atoms with Crippen molar-refractivity contribution >= 4 is 66.2 Å². The number of hydrogen-bond donors (Lipinski definition) is 2. The Morgan fingerprint density at radius 1 is 0.833 bits per heavy atom. The van der Waals surface area contributed by atoms with Crippen molar-refractivity contribution in [2.75, 3.05) is 20.6 Å². The van der Waals surface area contributed by atoms with Crippen LogP contribution in [-0.4, -0.2) is 35.0 Å². The summed E-state index contributed by atoms with van der Waals surface area (Å²) in [7, 11) is -7.73. The number of sulfonamides is 2. The van der Waals surface area contributed by atoms with Gasteiger partial charge in [-0.15, -0.1) is 0 Å². The predicted molar refractivity (Wildman–Crippen MR) is 145 cm³/mol. The molecular weight excluding hydrogens is 545 g/mol. The number of carbonyl (C=O) groups is 1. The number of anilines is 3. The van der Waals surface area contributed by atoms with Crippen LogP contribution in [0.1, 0.15) is 18.1 Å². The number of amides is 1. The maximum atomic E-state index is 12.9. The number of aryl methyl sites for hydroxylation is 2. The molecule has 192 valence electrons. The summed E-state index contributed by atoms with van der Waals surface area (Å²) in [5, 5.41) is 3.19. The van der Waals surface area contributed by atoms with E-state index in [-0.39, 0.29) is 20.6 Å². The zero-order chi connectivity index (χ0) is 26.8. The van der Waals surface area contributed by atoms with E-state index in [0.29, 0.717) is 11.4 Å². The van der Waals surface area contributed by atoms with Crippen LogP contribution in [0.4, 0.5) is 17.1 Å². The van der Waals surface area contributed by atoms with Gasteiger partial charge >= 0.3 is 0 Å². The van der Waals surface area contributed by atoms with Gasteiger partial charge in [-0.3, -0.25) is 13.8 Å². The molecule has 3 rings (SSSR count). The Hall–Kier alpha value is -2.79. The molecule has 12 heteroatoms. The summed E-state index contributed by atoms with van der Waals surface area (Å²) in [6.07, 6.45) is 1.03. The number of nitrogens with zero attached hydrogens (tertiary/aromatic N) is 1. The summed E-state index contributed by atoms with van der Waals surface area (Å²) >= 11 is 11.8. The number of halogens is 2. The van der Waals surface area contributed by atoms with Gasteiger partial charge in [0.1, 0.15) is 6.04 Å². The third kappa shape index (κ3) is 6.70. The monoisotopic (exact) mass is 569 g/mol. The molecule has 0 fully saturated rings. The van der Waals surface area contributed by atoms with Crippen molar-refractivity contribution < 1.29 is 21.6 Å². The van der Waals surface area contributed by atoms with E-state index in [1.165, 1.54) is 49.4 Å². The van der Waals surface area contributed by atoms with E-state index < -0.39 is 32.0 Å². The molecule has 8 nitrogen and oxygen atoms in total. The van der Waals surface area contributed by atoms with Crippen LogP contribution in [-0.2, 0) is 24.8 Å². The van der Waals surface area contributed by atoms with Gasteiger partial charge in [0, 0.05) is 15.7 Å². The maximum absolute atomic E-state index is 12.9. The van der Waals surface area contributed by atoms with Crippen molar-refractivity contribution in [3.63, 3.8) is 0 Å². The minimum Gasteiger partial charge on any atom is -0.324 e. The van der Waals surface area contributed by atoms with E-state index in [1.807, 2.05) is 13.8 Å². The average Bonchev–Trinajstić information content (AvgIpc) is 2.74. The lowest BCUT2D eigenvalue weighted by atomic mass is 10.1.